The SMILES string of the molecule is O=C1C(Br)=C(Br)[C@@H]2C[C@H]1c1ccccc12. The van der Waals surface area contributed by atoms with Gasteiger partial charge in [0.15, 0.2) is 5.78 Å². The Hall–Kier alpha value is -0.410. The maximum atomic E-state index is 12.0. The Morgan fingerprint density at radius 1 is 1.07 bits per heavy atom. The summed E-state index contributed by atoms with van der Waals surface area (Å²) in [5, 5.41) is 0. The van der Waals surface area contributed by atoms with Crippen molar-refractivity contribution in [3.05, 3.63) is 44.4 Å². The van der Waals surface area contributed by atoms with Crippen LogP contribution < -0.4 is 0 Å². The fraction of sp³-hybridized carbons (Fsp3) is 0.250. The van der Waals surface area contributed by atoms with Gasteiger partial charge in [0.2, 0.25) is 0 Å². The van der Waals surface area contributed by atoms with Gasteiger partial charge in [-0.1, -0.05) is 40.2 Å². The van der Waals surface area contributed by atoms with E-state index < -0.39 is 0 Å². The summed E-state index contributed by atoms with van der Waals surface area (Å²) >= 11 is 6.91. The van der Waals surface area contributed by atoms with Crippen molar-refractivity contribution < 1.29 is 4.79 Å². The van der Waals surface area contributed by atoms with Gasteiger partial charge in [-0.05, 0) is 33.5 Å². The Morgan fingerprint density at radius 2 is 1.67 bits per heavy atom. The molecule has 0 saturated carbocycles. The molecule has 0 aliphatic heterocycles. The summed E-state index contributed by atoms with van der Waals surface area (Å²) in [4.78, 5) is 12.0. The van der Waals surface area contributed by atoms with E-state index in [1.807, 2.05) is 12.1 Å². The van der Waals surface area contributed by atoms with Crippen molar-refractivity contribution in [2.24, 2.45) is 0 Å². The average Bonchev–Trinajstić information content (AvgIpc) is 2.62. The van der Waals surface area contributed by atoms with E-state index in [9.17, 15) is 4.79 Å². The molecule has 0 amide bonds. The molecule has 2 aliphatic rings. The lowest BCUT2D eigenvalue weighted by Gasteiger charge is -2.18. The van der Waals surface area contributed by atoms with Crippen LogP contribution >= 0.6 is 31.9 Å². The van der Waals surface area contributed by atoms with Gasteiger partial charge >= 0.3 is 0 Å². The number of halogens is 2. The molecular weight excluding hydrogens is 320 g/mol. The Labute approximate surface area is 105 Å². The highest BCUT2D eigenvalue weighted by molar-refractivity contribution is 9.14. The monoisotopic (exact) mass is 326 g/mol. The van der Waals surface area contributed by atoms with E-state index in [0.29, 0.717) is 5.92 Å². The molecule has 1 aromatic rings. The molecule has 15 heavy (non-hydrogen) atoms. The first-order valence-electron chi connectivity index (χ1n) is 4.88. The molecule has 2 bridgehead atoms. The molecule has 0 N–H and O–H groups in total. The van der Waals surface area contributed by atoms with Crippen molar-refractivity contribution in [2.75, 3.05) is 0 Å². The van der Waals surface area contributed by atoms with Gasteiger partial charge in [-0.2, -0.15) is 0 Å². The number of carbonyl (C=O) groups excluding carboxylic acids is 1. The maximum absolute atomic E-state index is 12.0. The van der Waals surface area contributed by atoms with Crippen LogP contribution in [0.25, 0.3) is 0 Å². The minimum atomic E-state index is 0.0712. The number of ketones is 1. The molecule has 0 fully saturated rings. The van der Waals surface area contributed by atoms with Crippen LogP contribution in [0.3, 0.4) is 0 Å². The van der Waals surface area contributed by atoms with Crippen LogP contribution in [0.15, 0.2) is 33.2 Å². The Bertz CT molecular complexity index is 490. The normalized spacial score (nSPS) is 28.3. The third-order valence-corrected chi connectivity index (χ3v) is 5.57. The molecule has 0 spiro atoms. The second-order valence-electron chi connectivity index (χ2n) is 4.00. The van der Waals surface area contributed by atoms with Crippen LogP contribution in [0.1, 0.15) is 29.4 Å². The predicted octanol–water partition coefficient (Wildman–Crippen LogP) is 3.84. The van der Waals surface area contributed by atoms with Crippen molar-refractivity contribution in [3.63, 3.8) is 0 Å². The zero-order chi connectivity index (χ0) is 10.6. The molecule has 0 aromatic heterocycles. The molecule has 3 heteroatoms. The number of benzene rings is 1. The number of Topliss-reactive ketones (excluding diaryl/α,β-unsaturated/α-hetero) is 1. The van der Waals surface area contributed by atoms with Crippen molar-refractivity contribution >= 4 is 37.6 Å². The molecule has 0 unspecified atom stereocenters. The first-order chi connectivity index (χ1) is 7.20. The largest absolute Gasteiger partial charge is 0.293 e. The molecule has 1 nitrogen and oxygen atoms in total. The first kappa shape index (κ1) is 9.79. The second-order valence-corrected chi connectivity index (χ2v) is 5.64. The highest BCUT2D eigenvalue weighted by atomic mass is 79.9. The number of hydrogen-bond donors (Lipinski definition) is 0. The number of allylic oxidation sites excluding steroid dienone is 2. The predicted molar refractivity (Wildman–Crippen MR) is 66.4 cm³/mol. The van der Waals surface area contributed by atoms with Crippen molar-refractivity contribution in [1.82, 2.24) is 0 Å². The number of carbonyl (C=O) groups is 1. The summed E-state index contributed by atoms with van der Waals surface area (Å²) in [6.45, 7) is 0. The Morgan fingerprint density at radius 3 is 2.33 bits per heavy atom. The zero-order valence-corrected chi connectivity index (χ0v) is 11.0. The van der Waals surface area contributed by atoms with Crippen molar-refractivity contribution in [1.29, 1.82) is 0 Å². The lowest BCUT2D eigenvalue weighted by Crippen LogP contribution is -2.15. The van der Waals surface area contributed by atoms with Gasteiger partial charge in [-0.25, -0.2) is 0 Å². The summed E-state index contributed by atoms with van der Waals surface area (Å²) in [6, 6.07) is 8.25. The highest BCUT2D eigenvalue weighted by Gasteiger charge is 2.42. The smallest absolute Gasteiger partial charge is 0.178 e. The van der Waals surface area contributed by atoms with E-state index in [-0.39, 0.29) is 11.7 Å². The maximum Gasteiger partial charge on any atom is 0.178 e. The van der Waals surface area contributed by atoms with Crippen molar-refractivity contribution in [2.45, 2.75) is 18.3 Å². The molecule has 1 aromatic carbocycles. The molecule has 2 aliphatic carbocycles. The minimum absolute atomic E-state index is 0.0712. The average molecular weight is 328 g/mol. The third kappa shape index (κ3) is 1.23. The number of fused-ring (bicyclic) bond motifs is 5. The fourth-order valence-electron chi connectivity index (χ4n) is 2.55. The molecule has 76 valence electrons. The second kappa shape index (κ2) is 3.29. The topological polar surface area (TPSA) is 17.1 Å². The molecule has 0 heterocycles. The van der Waals surface area contributed by atoms with Crippen LogP contribution in [0.5, 0.6) is 0 Å². The quantitative estimate of drug-likeness (QED) is 0.707. The van der Waals surface area contributed by atoms with Crippen LogP contribution in [0.2, 0.25) is 0 Å². The van der Waals surface area contributed by atoms with Crippen LogP contribution in [-0.4, -0.2) is 5.78 Å². The van der Waals surface area contributed by atoms with Crippen molar-refractivity contribution in [3.8, 4) is 0 Å². The van der Waals surface area contributed by atoms with E-state index in [2.05, 4.69) is 44.0 Å². The number of hydrogen-bond acceptors (Lipinski definition) is 1. The van der Waals surface area contributed by atoms with Gasteiger partial charge in [0.05, 0.1) is 4.48 Å². The van der Waals surface area contributed by atoms with Gasteiger partial charge < -0.3 is 0 Å². The van der Waals surface area contributed by atoms with E-state index in [1.54, 1.807) is 0 Å². The summed E-state index contributed by atoms with van der Waals surface area (Å²) in [7, 11) is 0. The van der Waals surface area contributed by atoms with E-state index in [0.717, 1.165) is 15.4 Å². The van der Waals surface area contributed by atoms with Gasteiger partial charge in [0, 0.05) is 16.3 Å². The Balaban J connectivity index is 2.26. The van der Waals surface area contributed by atoms with Crippen LogP contribution in [-0.2, 0) is 4.79 Å². The summed E-state index contributed by atoms with van der Waals surface area (Å²) < 4.78 is 1.73. The van der Waals surface area contributed by atoms with Gasteiger partial charge in [-0.15, -0.1) is 0 Å². The summed E-state index contributed by atoms with van der Waals surface area (Å²) in [5.74, 6) is 0.656. The van der Waals surface area contributed by atoms with Gasteiger partial charge in [-0.3, -0.25) is 4.79 Å². The van der Waals surface area contributed by atoms with E-state index in [1.165, 1.54) is 11.1 Å². The van der Waals surface area contributed by atoms with E-state index >= 15 is 0 Å². The van der Waals surface area contributed by atoms with Crippen LogP contribution in [0.4, 0.5) is 0 Å². The fourth-order valence-corrected chi connectivity index (χ4v) is 3.73. The highest BCUT2D eigenvalue weighted by Crippen LogP contribution is 2.53. The Kier molecular flexibility index (Phi) is 2.15. The molecule has 3 rings (SSSR count). The summed E-state index contributed by atoms with van der Waals surface area (Å²) in [6.07, 6.45) is 0.924. The minimum Gasteiger partial charge on any atom is -0.293 e. The molecule has 2 atom stereocenters. The lowest BCUT2D eigenvalue weighted by molar-refractivity contribution is -0.116. The van der Waals surface area contributed by atoms with E-state index in [4.69, 9.17) is 0 Å². The first-order valence-corrected chi connectivity index (χ1v) is 6.47. The molecule has 0 radical (unpaired) electrons. The van der Waals surface area contributed by atoms with Crippen LogP contribution in [0, 0.1) is 0 Å². The molecule has 0 saturated heterocycles. The van der Waals surface area contributed by atoms with Gasteiger partial charge in [0.1, 0.15) is 0 Å². The third-order valence-electron chi connectivity index (χ3n) is 3.27. The lowest BCUT2D eigenvalue weighted by atomic mass is 9.91. The molecular formula is C12H8Br2O. The number of rotatable bonds is 0. The summed E-state index contributed by atoms with van der Waals surface area (Å²) in [5.41, 5.74) is 2.51. The standard InChI is InChI=1S/C12H8Br2O/c13-10-8-5-9(12(15)11(10)14)7-4-2-1-3-6(7)8/h1-4,8-9H,5H2/t8-,9+/m1/s1. The zero-order valence-electron chi connectivity index (χ0n) is 7.84. The van der Waals surface area contributed by atoms with Gasteiger partial charge in [0.25, 0.3) is 0 Å².